The number of likely N-dealkylation sites (N-methyl/N-ethyl adjacent to an activating group) is 2. The van der Waals surface area contributed by atoms with Gasteiger partial charge >= 0.3 is 12.2 Å². The highest BCUT2D eigenvalue weighted by molar-refractivity contribution is 6.30. The highest BCUT2D eigenvalue weighted by atomic mass is 35.5. The van der Waals surface area contributed by atoms with Crippen LogP contribution in [0.1, 0.15) is 18.9 Å². The molecule has 0 unspecified atom stereocenters. The third-order valence-electron chi connectivity index (χ3n) is 6.23. The molecular formula is C22H25ClN4O3. The summed E-state index contributed by atoms with van der Waals surface area (Å²) >= 11 is 5.96. The average Bonchev–Trinajstić information content (AvgIpc) is 3.12. The number of likely N-dealkylation sites (tertiary alicyclic amines) is 1. The van der Waals surface area contributed by atoms with Crippen molar-refractivity contribution in [1.82, 2.24) is 4.90 Å². The van der Waals surface area contributed by atoms with Crippen LogP contribution < -0.4 is 15.1 Å². The van der Waals surface area contributed by atoms with Crippen LogP contribution >= 0.6 is 11.6 Å². The summed E-state index contributed by atoms with van der Waals surface area (Å²) in [4.78, 5) is 30.5. The van der Waals surface area contributed by atoms with Gasteiger partial charge in [-0.05, 0) is 55.4 Å². The molecule has 2 heterocycles. The molecule has 0 radical (unpaired) electrons. The average molecular weight is 429 g/mol. The number of halogens is 1. The zero-order valence-electron chi connectivity index (χ0n) is 17.5. The van der Waals surface area contributed by atoms with Crippen molar-refractivity contribution in [1.29, 1.82) is 0 Å². The summed E-state index contributed by atoms with van der Waals surface area (Å²) in [5.74, 6) is 0. The largest absolute Gasteiger partial charge is 0.423 e. The molecule has 2 aliphatic rings. The second kappa shape index (κ2) is 7.49. The van der Waals surface area contributed by atoms with Gasteiger partial charge in [0.1, 0.15) is 0 Å². The van der Waals surface area contributed by atoms with Crippen LogP contribution in [0.25, 0.3) is 0 Å². The zero-order chi connectivity index (χ0) is 21.6. The first-order chi connectivity index (χ1) is 14.2. The maximum Gasteiger partial charge on any atom is 0.423 e. The van der Waals surface area contributed by atoms with Crippen LogP contribution in [-0.2, 0) is 10.2 Å². The van der Waals surface area contributed by atoms with Gasteiger partial charge in [-0.1, -0.05) is 24.6 Å². The molecule has 1 fully saturated rings. The van der Waals surface area contributed by atoms with E-state index in [0.29, 0.717) is 22.6 Å². The second-order valence-electron chi connectivity index (χ2n) is 8.18. The van der Waals surface area contributed by atoms with E-state index in [2.05, 4.69) is 36.1 Å². The first-order valence-corrected chi connectivity index (χ1v) is 10.2. The third kappa shape index (κ3) is 3.38. The number of benzene rings is 2. The van der Waals surface area contributed by atoms with Crippen LogP contribution in [0.4, 0.5) is 26.7 Å². The molecule has 0 bridgehead atoms. The van der Waals surface area contributed by atoms with Gasteiger partial charge in [-0.15, -0.1) is 0 Å². The minimum Gasteiger partial charge on any atom is -0.359 e. The van der Waals surface area contributed by atoms with Crippen molar-refractivity contribution < 1.29 is 14.3 Å². The van der Waals surface area contributed by atoms with Crippen LogP contribution in [0.3, 0.4) is 0 Å². The number of hydrogen-bond donors (Lipinski definition) is 1. The fourth-order valence-electron chi connectivity index (χ4n) is 4.74. The zero-order valence-corrected chi connectivity index (χ0v) is 18.2. The summed E-state index contributed by atoms with van der Waals surface area (Å²) in [5, 5.41) is 3.17. The molecule has 1 saturated heterocycles. The first kappa shape index (κ1) is 20.5. The molecule has 0 aliphatic carbocycles. The Morgan fingerprint density at radius 2 is 2.00 bits per heavy atom. The molecule has 8 heteroatoms. The summed E-state index contributed by atoms with van der Waals surface area (Å²) in [6.45, 7) is 3.28. The van der Waals surface area contributed by atoms with Crippen molar-refractivity contribution in [2.45, 2.75) is 24.9 Å². The monoisotopic (exact) mass is 428 g/mol. The van der Waals surface area contributed by atoms with Gasteiger partial charge < -0.3 is 9.64 Å². The van der Waals surface area contributed by atoms with Crippen LogP contribution in [0.15, 0.2) is 42.5 Å². The van der Waals surface area contributed by atoms with Gasteiger partial charge in [0.15, 0.2) is 0 Å². The van der Waals surface area contributed by atoms with Gasteiger partial charge in [0, 0.05) is 48.1 Å². The van der Waals surface area contributed by atoms with Gasteiger partial charge in [0.2, 0.25) is 0 Å². The van der Waals surface area contributed by atoms with Crippen molar-refractivity contribution in [3.8, 4) is 0 Å². The topological polar surface area (TPSA) is 65.1 Å². The lowest BCUT2D eigenvalue weighted by Gasteiger charge is -2.32. The van der Waals surface area contributed by atoms with Crippen molar-refractivity contribution >= 4 is 40.8 Å². The van der Waals surface area contributed by atoms with E-state index in [0.717, 1.165) is 18.7 Å². The van der Waals surface area contributed by atoms with Crippen molar-refractivity contribution in [2.24, 2.45) is 0 Å². The first-order valence-electron chi connectivity index (χ1n) is 9.80. The van der Waals surface area contributed by atoms with Crippen molar-refractivity contribution in [3.63, 3.8) is 0 Å². The van der Waals surface area contributed by atoms with E-state index in [-0.39, 0.29) is 5.41 Å². The number of carbonyl (C=O) groups is 2. The highest BCUT2D eigenvalue weighted by Crippen LogP contribution is 2.51. The fourth-order valence-corrected chi connectivity index (χ4v) is 4.92. The summed E-state index contributed by atoms with van der Waals surface area (Å²) in [5.41, 5.74) is 3.47. The van der Waals surface area contributed by atoms with Crippen molar-refractivity contribution in [2.75, 3.05) is 42.8 Å². The molecule has 1 N–H and O–H groups in total. The Balaban J connectivity index is 1.46. The van der Waals surface area contributed by atoms with Crippen molar-refractivity contribution in [3.05, 3.63) is 53.1 Å². The van der Waals surface area contributed by atoms with E-state index in [1.165, 1.54) is 17.5 Å². The number of hydrogen-bond acceptors (Lipinski definition) is 5. The Bertz CT molecular complexity index is 1010. The van der Waals surface area contributed by atoms with E-state index in [9.17, 15) is 9.59 Å². The Kier molecular flexibility index (Phi) is 5.11. The maximum atomic E-state index is 12.3. The molecule has 0 aromatic heterocycles. The summed E-state index contributed by atoms with van der Waals surface area (Å²) in [6, 6.07) is 12.6. The smallest absolute Gasteiger partial charge is 0.359 e. The molecular weight excluding hydrogens is 404 g/mol. The fraction of sp³-hybridized carbons (Fsp3) is 0.364. The highest BCUT2D eigenvalue weighted by Gasteiger charge is 2.52. The number of nitrogens with zero attached hydrogens (tertiary/aromatic N) is 3. The number of anilines is 3. The number of amides is 2. The predicted molar refractivity (Wildman–Crippen MR) is 119 cm³/mol. The molecule has 2 aromatic carbocycles. The lowest BCUT2D eigenvalue weighted by Crippen LogP contribution is -2.45. The number of nitrogens with one attached hydrogen (secondary N) is 1. The van der Waals surface area contributed by atoms with Crippen LogP contribution in [0.5, 0.6) is 0 Å². The second-order valence-corrected chi connectivity index (χ2v) is 8.62. The number of rotatable bonds is 2. The minimum absolute atomic E-state index is 0.0109. The summed E-state index contributed by atoms with van der Waals surface area (Å²) in [7, 11) is 5.75. The van der Waals surface area contributed by atoms with E-state index in [4.69, 9.17) is 16.3 Å². The van der Waals surface area contributed by atoms with Crippen LogP contribution in [0, 0.1) is 0 Å². The van der Waals surface area contributed by atoms with E-state index < -0.39 is 12.2 Å². The summed E-state index contributed by atoms with van der Waals surface area (Å²) in [6.07, 6.45) is -0.282. The van der Waals surface area contributed by atoms with E-state index >= 15 is 0 Å². The molecule has 2 atom stereocenters. The van der Waals surface area contributed by atoms with Gasteiger partial charge in [0.25, 0.3) is 0 Å². The molecule has 30 heavy (non-hydrogen) atoms. The molecule has 7 nitrogen and oxygen atoms in total. The standard InChI is InChI=1S/C22H25ClN4O3/c1-22-10-11-25(2)19(22)27(4)18-9-8-15(13-17(18)22)24-20(28)30-21(29)26(3)16-7-5-6-14(23)12-16/h5-9,12-13,19H,10-11H2,1-4H3,(H,24,28)/t19-,22+/m0/s1. The van der Waals surface area contributed by atoms with Crippen LogP contribution in [0.2, 0.25) is 5.02 Å². The molecule has 158 valence electrons. The molecule has 0 spiro atoms. The van der Waals surface area contributed by atoms with Gasteiger partial charge in [0.05, 0.1) is 6.17 Å². The van der Waals surface area contributed by atoms with E-state index in [1.54, 1.807) is 24.3 Å². The Hall–Kier alpha value is -2.77. The van der Waals surface area contributed by atoms with Gasteiger partial charge in [-0.3, -0.25) is 15.1 Å². The minimum atomic E-state index is -0.828. The predicted octanol–water partition coefficient (Wildman–Crippen LogP) is 4.51. The number of carbonyl (C=O) groups excluding carboxylic acids is 2. The molecule has 2 amide bonds. The normalized spacial score (nSPS) is 22.4. The maximum absolute atomic E-state index is 12.3. The van der Waals surface area contributed by atoms with Gasteiger partial charge in [-0.25, -0.2) is 9.59 Å². The molecule has 2 aliphatic heterocycles. The Labute approximate surface area is 181 Å². The van der Waals surface area contributed by atoms with Crippen LogP contribution in [-0.4, -0.2) is 50.9 Å². The molecule has 2 aromatic rings. The lowest BCUT2D eigenvalue weighted by atomic mass is 9.81. The van der Waals surface area contributed by atoms with Gasteiger partial charge in [-0.2, -0.15) is 0 Å². The number of fused-ring (bicyclic) bond motifs is 3. The quantitative estimate of drug-likeness (QED) is 0.713. The lowest BCUT2D eigenvalue weighted by molar-refractivity contribution is 0.166. The summed E-state index contributed by atoms with van der Waals surface area (Å²) < 4.78 is 4.95. The molecule has 4 rings (SSSR count). The number of ether oxygens (including phenoxy) is 1. The Morgan fingerprint density at radius 1 is 1.23 bits per heavy atom. The Morgan fingerprint density at radius 3 is 2.73 bits per heavy atom. The third-order valence-corrected chi connectivity index (χ3v) is 6.46. The molecule has 0 saturated carbocycles. The SMILES string of the molecule is CN(C(=O)OC(=O)Nc1ccc2c(c1)[C@@]1(C)CCN(C)[C@H]1N2C)c1cccc(Cl)c1. The van der Waals surface area contributed by atoms with E-state index in [1.807, 2.05) is 18.2 Å².